The van der Waals surface area contributed by atoms with Crippen LogP contribution in [0.4, 0.5) is 0 Å². The van der Waals surface area contributed by atoms with Crippen LogP contribution < -0.4 is 10.5 Å². The second-order valence-corrected chi connectivity index (χ2v) is 5.91. The molecular weight excluding hydrogens is 314 g/mol. The molecule has 24 heavy (non-hydrogen) atoms. The van der Waals surface area contributed by atoms with Gasteiger partial charge in [-0.15, -0.1) is 0 Å². The quantitative estimate of drug-likeness (QED) is 0.576. The molecule has 0 atom stereocenters. The van der Waals surface area contributed by atoms with Crippen molar-refractivity contribution < 1.29 is 30.4 Å². The first-order valence-corrected chi connectivity index (χ1v) is 7.81. The Morgan fingerprint density at radius 2 is 1.67 bits per heavy atom. The van der Waals surface area contributed by atoms with Crippen LogP contribution in [0, 0.1) is 11.8 Å². The van der Waals surface area contributed by atoms with Gasteiger partial charge in [-0.2, -0.15) is 0 Å². The third-order valence-corrected chi connectivity index (χ3v) is 4.28. The molecule has 1 aliphatic rings. The third kappa shape index (κ3) is 6.66. The second-order valence-electron chi connectivity index (χ2n) is 5.91. The van der Waals surface area contributed by atoms with Gasteiger partial charge in [0.1, 0.15) is 5.75 Å². The Balaban J connectivity index is 0.00000264. The summed E-state index contributed by atoms with van der Waals surface area (Å²) in [6.45, 7) is 0.694. The molecular formula is C17H27NO6. The van der Waals surface area contributed by atoms with Gasteiger partial charge in [0.05, 0.1) is 5.92 Å². The number of carboxylic acid groups (broad SMARTS) is 1. The maximum absolute atomic E-state index is 12.1. The lowest BCUT2D eigenvalue weighted by molar-refractivity contribution is -0.140. The van der Waals surface area contributed by atoms with Crippen LogP contribution in [0.25, 0.3) is 0 Å². The average Bonchev–Trinajstić information content (AvgIpc) is 2.54. The molecule has 7 N–H and O–H groups in total. The van der Waals surface area contributed by atoms with Gasteiger partial charge >= 0.3 is 11.9 Å². The van der Waals surface area contributed by atoms with Crippen molar-refractivity contribution in [3.05, 3.63) is 29.8 Å². The van der Waals surface area contributed by atoms with E-state index in [1.165, 1.54) is 0 Å². The number of aryl methyl sites for hydroxylation is 1. The lowest BCUT2D eigenvalue weighted by Gasteiger charge is -2.26. The normalized spacial score (nSPS) is 19.5. The average molecular weight is 341 g/mol. The summed E-state index contributed by atoms with van der Waals surface area (Å²) in [4.78, 5) is 22.7. The highest BCUT2D eigenvalue weighted by atomic mass is 16.5. The molecule has 0 spiro atoms. The minimum absolute atomic E-state index is 0. The zero-order valence-corrected chi connectivity index (χ0v) is 13.7. The van der Waals surface area contributed by atoms with Gasteiger partial charge in [-0.05, 0) is 62.3 Å². The van der Waals surface area contributed by atoms with E-state index in [0.717, 1.165) is 31.2 Å². The van der Waals surface area contributed by atoms with E-state index in [4.69, 9.17) is 15.6 Å². The first kappa shape index (κ1) is 22.0. The van der Waals surface area contributed by atoms with E-state index in [9.17, 15) is 9.59 Å². The Hall–Kier alpha value is -1.96. The lowest BCUT2D eigenvalue weighted by Crippen LogP contribution is -2.28. The van der Waals surface area contributed by atoms with Crippen molar-refractivity contribution in [3.63, 3.8) is 0 Å². The van der Waals surface area contributed by atoms with Gasteiger partial charge in [-0.1, -0.05) is 12.1 Å². The van der Waals surface area contributed by atoms with Gasteiger partial charge in [0.2, 0.25) is 0 Å². The molecule has 7 nitrogen and oxygen atoms in total. The van der Waals surface area contributed by atoms with E-state index in [1.54, 1.807) is 24.3 Å². The summed E-state index contributed by atoms with van der Waals surface area (Å²) >= 11 is 0. The molecule has 1 saturated carbocycles. The fraction of sp³-hybridized carbons (Fsp3) is 0.529. The number of carbonyl (C=O) groups is 2. The highest BCUT2D eigenvalue weighted by Gasteiger charge is 2.27. The Labute approximate surface area is 141 Å². The summed E-state index contributed by atoms with van der Waals surface area (Å²) in [5.41, 5.74) is 6.57. The number of nitrogens with two attached hydrogens (primary N) is 1. The maximum Gasteiger partial charge on any atom is 0.314 e. The Bertz CT molecular complexity index is 508. The number of benzene rings is 1. The molecule has 1 fully saturated rings. The first-order chi connectivity index (χ1) is 10.6. The molecule has 0 bridgehead atoms. The minimum Gasteiger partial charge on any atom is -0.481 e. The first-order valence-electron chi connectivity index (χ1n) is 7.81. The molecule has 0 heterocycles. The van der Waals surface area contributed by atoms with Crippen molar-refractivity contribution in [2.24, 2.45) is 17.6 Å². The molecule has 1 aliphatic carbocycles. The number of carboxylic acids is 1. The van der Waals surface area contributed by atoms with Crippen LogP contribution in [-0.4, -0.2) is 34.5 Å². The minimum atomic E-state index is -0.816. The van der Waals surface area contributed by atoms with Crippen LogP contribution in [0.3, 0.4) is 0 Å². The summed E-state index contributed by atoms with van der Waals surface area (Å²) < 4.78 is 5.42. The van der Waals surface area contributed by atoms with Crippen molar-refractivity contribution in [2.45, 2.75) is 38.5 Å². The Morgan fingerprint density at radius 3 is 2.17 bits per heavy atom. The zero-order chi connectivity index (χ0) is 15.9. The van der Waals surface area contributed by atoms with Crippen LogP contribution in [0.1, 0.15) is 37.7 Å². The van der Waals surface area contributed by atoms with Crippen molar-refractivity contribution in [3.8, 4) is 5.75 Å². The molecule has 1 aromatic carbocycles. The van der Waals surface area contributed by atoms with Crippen molar-refractivity contribution in [1.82, 2.24) is 0 Å². The van der Waals surface area contributed by atoms with Crippen molar-refractivity contribution >= 4 is 11.9 Å². The fourth-order valence-corrected chi connectivity index (χ4v) is 2.81. The molecule has 0 aliphatic heterocycles. The summed E-state index contributed by atoms with van der Waals surface area (Å²) in [6, 6.07) is 7.05. The standard InChI is InChI=1S/C17H23NO4.2H2O/c18-11-13-1-6-14(7-2-13)17(21)22-15-8-3-12(4-9-15)5-10-16(19)20;;/h3-4,8-9,13-14H,1-2,5-7,10-11,18H2,(H,19,20);2*1H2. The van der Waals surface area contributed by atoms with Crippen molar-refractivity contribution in [2.75, 3.05) is 6.54 Å². The number of esters is 1. The van der Waals surface area contributed by atoms with E-state index >= 15 is 0 Å². The Kier molecular flexibility index (Phi) is 9.87. The predicted octanol–water partition coefficient (Wildman–Crippen LogP) is 0.725. The largest absolute Gasteiger partial charge is 0.481 e. The second kappa shape index (κ2) is 10.7. The number of hydrogen-bond acceptors (Lipinski definition) is 4. The van der Waals surface area contributed by atoms with E-state index < -0.39 is 5.97 Å². The van der Waals surface area contributed by atoms with Gasteiger partial charge in [-0.3, -0.25) is 9.59 Å². The van der Waals surface area contributed by atoms with Crippen molar-refractivity contribution in [1.29, 1.82) is 0 Å². The zero-order valence-electron chi connectivity index (χ0n) is 13.7. The number of carbonyl (C=O) groups excluding carboxylic acids is 1. The topological polar surface area (TPSA) is 153 Å². The molecule has 0 saturated heterocycles. The summed E-state index contributed by atoms with van der Waals surface area (Å²) in [5.74, 6) is 0.0365. The van der Waals surface area contributed by atoms with Crippen LogP contribution >= 0.6 is 0 Å². The summed E-state index contributed by atoms with van der Waals surface area (Å²) in [5, 5.41) is 8.65. The number of ether oxygens (including phenoxy) is 1. The SMILES string of the molecule is NCC1CCC(C(=O)Oc2ccc(CCC(=O)O)cc2)CC1.O.O. The molecule has 0 unspecified atom stereocenters. The molecule has 0 amide bonds. The third-order valence-electron chi connectivity index (χ3n) is 4.28. The van der Waals surface area contributed by atoms with Gasteiger partial charge in [0, 0.05) is 6.42 Å². The van der Waals surface area contributed by atoms with E-state index in [1.807, 2.05) is 0 Å². The number of hydrogen-bond donors (Lipinski definition) is 2. The van der Waals surface area contributed by atoms with Crippen LogP contribution in [0.15, 0.2) is 24.3 Å². The van der Waals surface area contributed by atoms with Gasteiger partial charge in [0.15, 0.2) is 0 Å². The molecule has 1 aromatic rings. The van der Waals surface area contributed by atoms with Gasteiger partial charge in [-0.25, -0.2) is 0 Å². The highest BCUT2D eigenvalue weighted by molar-refractivity contribution is 5.75. The molecule has 136 valence electrons. The summed E-state index contributed by atoms with van der Waals surface area (Å²) in [6.07, 6.45) is 4.25. The predicted molar refractivity (Wildman–Crippen MR) is 89.8 cm³/mol. The van der Waals surface area contributed by atoms with E-state index in [0.29, 0.717) is 24.6 Å². The molecule has 0 radical (unpaired) electrons. The molecule has 0 aromatic heterocycles. The summed E-state index contributed by atoms with van der Waals surface area (Å²) in [7, 11) is 0. The molecule has 7 heteroatoms. The Morgan fingerprint density at radius 1 is 1.08 bits per heavy atom. The van der Waals surface area contributed by atoms with Gasteiger partial charge < -0.3 is 26.5 Å². The maximum atomic E-state index is 12.1. The number of aliphatic carboxylic acids is 1. The fourth-order valence-electron chi connectivity index (χ4n) is 2.81. The van der Waals surface area contributed by atoms with E-state index in [2.05, 4.69) is 0 Å². The van der Waals surface area contributed by atoms with Crippen LogP contribution in [-0.2, 0) is 16.0 Å². The molecule has 2 rings (SSSR count). The van der Waals surface area contributed by atoms with Gasteiger partial charge in [0.25, 0.3) is 0 Å². The lowest BCUT2D eigenvalue weighted by atomic mass is 9.82. The van der Waals surface area contributed by atoms with Crippen LogP contribution in [0.5, 0.6) is 5.75 Å². The highest BCUT2D eigenvalue weighted by Crippen LogP contribution is 2.29. The smallest absolute Gasteiger partial charge is 0.314 e. The monoisotopic (exact) mass is 341 g/mol. The van der Waals surface area contributed by atoms with E-state index in [-0.39, 0.29) is 29.3 Å². The van der Waals surface area contributed by atoms with Crippen LogP contribution in [0.2, 0.25) is 0 Å². The number of rotatable bonds is 6.